The number of benzene rings is 6. The fraction of sp³-hybridized carbons (Fsp3) is 0.0870. The summed E-state index contributed by atoms with van der Waals surface area (Å²) in [6.45, 7) is 0. The molecule has 2 N–H and O–H groups in total. The van der Waals surface area contributed by atoms with Gasteiger partial charge in [0, 0.05) is 0 Å². The highest BCUT2D eigenvalue weighted by Crippen LogP contribution is 2.40. The molecule has 0 spiro atoms. The summed E-state index contributed by atoms with van der Waals surface area (Å²) in [7, 11) is 0. The first-order valence-corrected chi connectivity index (χ1v) is 24.5. The molecule has 14 heteroatoms. The van der Waals surface area contributed by atoms with Gasteiger partial charge < -0.3 is 10.6 Å². The molecule has 296 valence electrons. The van der Waals surface area contributed by atoms with Crippen LogP contribution in [-0.4, -0.2) is 44.3 Å². The van der Waals surface area contributed by atoms with Crippen LogP contribution in [-0.2, 0) is 9.59 Å². The molecule has 0 atom stereocenters. The third-order valence-electron chi connectivity index (χ3n) is 9.65. The molecule has 0 aliphatic heterocycles. The van der Waals surface area contributed by atoms with E-state index in [-0.39, 0.29) is 11.8 Å². The van der Waals surface area contributed by atoms with E-state index >= 15 is 0 Å². The van der Waals surface area contributed by atoms with Gasteiger partial charge in [-0.05, 0) is 59.0 Å². The van der Waals surface area contributed by atoms with Crippen LogP contribution in [0.5, 0.6) is 0 Å². The van der Waals surface area contributed by atoms with Gasteiger partial charge in [0.2, 0.25) is 11.8 Å². The lowest BCUT2D eigenvalue weighted by Crippen LogP contribution is -2.22. The maximum atomic E-state index is 13.3. The molecule has 60 heavy (non-hydrogen) atoms. The maximum absolute atomic E-state index is 13.3. The van der Waals surface area contributed by atoms with Gasteiger partial charge in [-0.3, -0.25) is 9.59 Å². The van der Waals surface area contributed by atoms with Gasteiger partial charge in [0.05, 0.1) is 52.7 Å². The summed E-state index contributed by atoms with van der Waals surface area (Å²) in [6, 6.07) is 47.3. The topological polar surface area (TPSA) is 110 Å². The molecule has 0 saturated carbocycles. The number of anilines is 2. The Balaban J connectivity index is 0.000000154. The predicted octanol–water partition coefficient (Wildman–Crippen LogP) is 12.8. The zero-order valence-corrected chi connectivity index (χ0v) is 37.0. The van der Waals surface area contributed by atoms with Crippen LogP contribution in [0.25, 0.3) is 40.9 Å². The number of hydrogen-bond acceptors (Lipinski definition) is 12. The number of thiazole rings is 4. The molecule has 4 heterocycles. The van der Waals surface area contributed by atoms with Gasteiger partial charge in [-0.15, -0.1) is 22.7 Å². The lowest BCUT2D eigenvalue weighted by Gasteiger charge is -2.16. The van der Waals surface area contributed by atoms with E-state index in [4.69, 9.17) is 0 Å². The Bertz CT molecular complexity index is 2790. The fourth-order valence-corrected chi connectivity index (χ4v) is 12.2. The summed E-state index contributed by atoms with van der Waals surface area (Å²) in [6.07, 6.45) is 4.06. The van der Waals surface area contributed by atoms with E-state index in [0.717, 1.165) is 71.8 Å². The highest BCUT2D eigenvalue weighted by Gasteiger charge is 2.25. The summed E-state index contributed by atoms with van der Waals surface area (Å²) >= 11 is 9.63. The number of aromatic nitrogens is 4. The molecule has 0 aliphatic carbocycles. The van der Waals surface area contributed by atoms with E-state index in [1.165, 1.54) is 22.7 Å². The Morgan fingerprint density at radius 2 is 0.700 bits per heavy atom. The molecule has 0 radical (unpaired) electrons. The first-order chi connectivity index (χ1) is 29.4. The lowest BCUT2D eigenvalue weighted by atomic mass is 9.90. The summed E-state index contributed by atoms with van der Waals surface area (Å²) in [5, 5.41) is 7.34. The van der Waals surface area contributed by atoms with Crippen molar-refractivity contribution in [2.45, 2.75) is 20.5 Å². The molecule has 10 aromatic rings. The van der Waals surface area contributed by atoms with E-state index in [2.05, 4.69) is 30.6 Å². The summed E-state index contributed by atoms with van der Waals surface area (Å²) in [5.41, 5.74) is 7.54. The standard InChI is InChI=1S/2C23H17N3OS3/c2*1-28-23-25-17-13-12-16-19(20(17)30-23)29-22(24-16)26-21(27)18(14-8-4-2-5-9-14)15-10-6-3-7-11-15/h2*2-13,18H,1H3,(H,24,26,27). The lowest BCUT2D eigenvalue weighted by molar-refractivity contribution is -0.117. The highest BCUT2D eigenvalue weighted by molar-refractivity contribution is 8.00. The average molecular weight is 895 g/mol. The smallest absolute Gasteiger partial charge is 0.238 e. The van der Waals surface area contributed by atoms with Crippen molar-refractivity contribution in [2.24, 2.45) is 0 Å². The maximum Gasteiger partial charge on any atom is 0.238 e. The van der Waals surface area contributed by atoms with Crippen LogP contribution in [0.2, 0.25) is 0 Å². The first-order valence-electron chi connectivity index (χ1n) is 18.8. The monoisotopic (exact) mass is 894 g/mol. The second-order valence-corrected chi connectivity index (χ2v) is 19.5. The molecule has 4 aromatic heterocycles. The minimum atomic E-state index is -0.397. The van der Waals surface area contributed by atoms with Gasteiger partial charge in [0.15, 0.2) is 18.9 Å². The van der Waals surface area contributed by atoms with Crippen molar-refractivity contribution < 1.29 is 9.59 Å². The van der Waals surface area contributed by atoms with Crippen molar-refractivity contribution in [1.29, 1.82) is 0 Å². The van der Waals surface area contributed by atoms with Crippen LogP contribution < -0.4 is 10.6 Å². The predicted molar refractivity (Wildman–Crippen MR) is 256 cm³/mol. The Morgan fingerprint density at radius 3 is 1.00 bits per heavy atom. The zero-order chi connectivity index (χ0) is 41.0. The van der Waals surface area contributed by atoms with E-state index in [0.29, 0.717) is 10.3 Å². The van der Waals surface area contributed by atoms with Crippen molar-refractivity contribution in [3.8, 4) is 0 Å². The quantitative estimate of drug-likeness (QED) is 0.131. The second kappa shape index (κ2) is 18.0. The Labute approximate surface area is 370 Å². The van der Waals surface area contributed by atoms with Crippen LogP contribution in [0, 0.1) is 0 Å². The molecule has 2 amide bonds. The minimum Gasteiger partial charge on any atom is -0.301 e. The van der Waals surface area contributed by atoms with E-state index in [1.54, 1.807) is 46.2 Å². The molecular weight excluding hydrogens is 861 g/mol. The van der Waals surface area contributed by atoms with E-state index in [1.807, 2.05) is 158 Å². The number of rotatable bonds is 10. The van der Waals surface area contributed by atoms with Gasteiger partial charge in [0.1, 0.15) is 0 Å². The van der Waals surface area contributed by atoms with Gasteiger partial charge in [-0.1, -0.05) is 168 Å². The number of carbonyl (C=O) groups excluding carboxylic acids is 2. The Kier molecular flexibility index (Phi) is 12.0. The number of fused-ring (bicyclic) bond motifs is 6. The zero-order valence-electron chi connectivity index (χ0n) is 32.1. The van der Waals surface area contributed by atoms with Crippen LogP contribution in [0.3, 0.4) is 0 Å². The number of thioether (sulfide) groups is 2. The second-order valence-electron chi connectivity index (χ2n) is 13.4. The molecule has 6 aromatic carbocycles. The summed E-state index contributed by atoms with van der Waals surface area (Å²) in [5.74, 6) is -0.967. The normalized spacial score (nSPS) is 11.4. The van der Waals surface area contributed by atoms with Crippen molar-refractivity contribution >= 4 is 132 Å². The molecule has 0 unspecified atom stereocenters. The van der Waals surface area contributed by atoms with Crippen LogP contribution >= 0.6 is 68.9 Å². The van der Waals surface area contributed by atoms with Gasteiger partial charge in [0.25, 0.3) is 0 Å². The number of amides is 2. The first kappa shape index (κ1) is 40.0. The number of nitrogens with one attached hydrogen (secondary N) is 2. The van der Waals surface area contributed by atoms with Gasteiger partial charge >= 0.3 is 0 Å². The van der Waals surface area contributed by atoms with Crippen molar-refractivity contribution in [3.05, 3.63) is 168 Å². The molecular formula is C46H34N6O2S6. The number of hydrogen-bond donors (Lipinski definition) is 2. The molecule has 0 aliphatic rings. The van der Waals surface area contributed by atoms with Crippen LogP contribution in [0.4, 0.5) is 10.3 Å². The SMILES string of the molecule is CSc1nc2ccc3nc(NC(=O)C(c4ccccc4)c4ccccc4)sc3c2s1.CSc1nc2ccc3nc(NC(=O)C(c4ccccc4)c4ccccc4)sc3c2s1. The number of nitrogens with zero attached hydrogens (tertiary/aromatic N) is 4. The Morgan fingerprint density at radius 1 is 0.417 bits per heavy atom. The third kappa shape index (κ3) is 8.44. The Hall–Kier alpha value is -5.48. The minimum absolute atomic E-state index is 0.0863. The average Bonchev–Trinajstić information content (AvgIpc) is 4.09. The van der Waals surface area contributed by atoms with Gasteiger partial charge in [-0.25, -0.2) is 19.9 Å². The summed E-state index contributed by atoms with van der Waals surface area (Å²) in [4.78, 5) is 45.3. The van der Waals surface area contributed by atoms with Crippen molar-refractivity contribution in [2.75, 3.05) is 23.1 Å². The van der Waals surface area contributed by atoms with Crippen molar-refractivity contribution in [1.82, 2.24) is 19.9 Å². The molecule has 0 fully saturated rings. The van der Waals surface area contributed by atoms with Crippen LogP contribution in [0.1, 0.15) is 34.1 Å². The van der Waals surface area contributed by atoms with Gasteiger partial charge in [-0.2, -0.15) is 0 Å². The third-order valence-corrected chi connectivity index (χ3v) is 16.1. The molecule has 0 saturated heterocycles. The highest BCUT2D eigenvalue weighted by atomic mass is 32.2. The summed E-state index contributed by atoms with van der Waals surface area (Å²) < 4.78 is 6.44. The fourth-order valence-electron chi connectivity index (χ4n) is 6.91. The van der Waals surface area contributed by atoms with E-state index < -0.39 is 11.8 Å². The number of carbonyl (C=O) groups is 2. The van der Waals surface area contributed by atoms with E-state index in [9.17, 15) is 9.59 Å². The molecule has 10 rings (SSSR count). The van der Waals surface area contributed by atoms with Crippen molar-refractivity contribution in [3.63, 3.8) is 0 Å². The molecule has 8 nitrogen and oxygen atoms in total. The van der Waals surface area contributed by atoms with Crippen LogP contribution in [0.15, 0.2) is 154 Å². The molecule has 0 bridgehead atoms. The largest absolute Gasteiger partial charge is 0.301 e.